The fourth-order valence-electron chi connectivity index (χ4n) is 6.18. The van der Waals surface area contributed by atoms with Crippen molar-refractivity contribution in [3.63, 3.8) is 0 Å². The first kappa shape index (κ1) is 22.9. The Bertz CT molecular complexity index is 1270. The minimum absolute atomic E-state index is 0.273. The zero-order chi connectivity index (χ0) is 24.7. The predicted octanol–water partition coefficient (Wildman–Crippen LogP) is 4.62. The normalized spacial score (nSPS) is 30.4. The Labute approximate surface area is 203 Å². The van der Waals surface area contributed by atoms with Gasteiger partial charge in [-0.1, -0.05) is 85.8 Å². The van der Waals surface area contributed by atoms with Crippen LogP contribution in [0.1, 0.15) is 36.8 Å². The van der Waals surface area contributed by atoms with E-state index in [-0.39, 0.29) is 4.92 Å². The van der Waals surface area contributed by atoms with Crippen molar-refractivity contribution in [1.29, 1.82) is 0 Å². The minimum Gasteiger partial charge on any atom is -0.391 e. The molecule has 1 N–H and O–H groups in total. The zero-order valence-electron chi connectivity index (χ0n) is 19.6. The summed E-state index contributed by atoms with van der Waals surface area (Å²) in [4.78, 5) is 26.8. The molecule has 6 atom stereocenters. The summed E-state index contributed by atoms with van der Waals surface area (Å²) in [5.74, 6) is -2.52. The van der Waals surface area contributed by atoms with Crippen molar-refractivity contribution < 1.29 is 14.8 Å². The van der Waals surface area contributed by atoms with Gasteiger partial charge in [0.05, 0.1) is 29.3 Å². The maximum absolute atomic E-state index is 14.3. The van der Waals surface area contributed by atoms with E-state index >= 15 is 0 Å². The summed E-state index contributed by atoms with van der Waals surface area (Å²) >= 11 is 0. The highest BCUT2D eigenvalue weighted by Crippen LogP contribution is 2.58. The molecule has 1 heterocycles. The Morgan fingerprint density at radius 3 is 1.97 bits per heavy atom. The highest BCUT2D eigenvalue weighted by Gasteiger charge is 2.70. The number of nitrogens with zero attached hydrogens (tertiary/aromatic N) is 3. The molecule has 0 saturated heterocycles. The molecule has 0 bridgehead atoms. The van der Waals surface area contributed by atoms with E-state index in [2.05, 4.69) is 5.10 Å². The van der Waals surface area contributed by atoms with Gasteiger partial charge in [0.2, 0.25) is 6.04 Å². The third kappa shape index (κ3) is 3.38. The SMILES string of the molecule is CC1=NN(c2ccccc2)C(=O)[C@@]12[C@H](c1ccccc1)[C@@H]([N+](=O)[O-])[C@H](c1ccccc1)[C@@H](C)[C@@H]2O. The molecule has 7 heteroatoms. The molecule has 0 unspecified atom stereocenters. The van der Waals surface area contributed by atoms with E-state index in [1.54, 1.807) is 50.2 Å². The molecule has 1 spiro atoms. The molecule has 0 aromatic heterocycles. The summed E-state index contributed by atoms with van der Waals surface area (Å²) in [6.07, 6.45) is -1.18. The summed E-state index contributed by atoms with van der Waals surface area (Å²) in [6.45, 7) is 3.50. The quantitative estimate of drug-likeness (QED) is 0.445. The van der Waals surface area contributed by atoms with E-state index in [0.29, 0.717) is 17.0 Å². The fraction of sp³-hybridized carbons (Fsp3) is 0.286. The molecule has 1 fully saturated rings. The molecule has 1 amide bonds. The van der Waals surface area contributed by atoms with Crippen LogP contribution in [0.3, 0.4) is 0 Å². The van der Waals surface area contributed by atoms with Gasteiger partial charge < -0.3 is 5.11 Å². The molecule has 0 radical (unpaired) electrons. The van der Waals surface area contributed by atoms with Crippen molar-refractivity contribution in [2.45, 2.75) is 37.8 Å². The van der Waals surface area contributed by atoms with Crippen molar-refractivity contribution in [2.24, 2.45) is 16.4 Å². The standard InChI is InChI=1S/C28H27N3O4/c1-18-23(20-12-6-3-7-13-20)25(31(34)35)24(21-14-8-4-9-15-21)28(26(18)32)19(2)29-30(27(28)33)22-16-10-5-11-17-22/h3-18,23-26,32H,1-2H3/t18-,23+,24-,25+,26+,28-/m1/s1. The van der Waals surface area contributed by atoms with Crippen molar-refractivity contribution in [3.8, 4) is 0 Å². The number of carbonyl (C=O) groups is 1. The molecule has 5 rings (SSSR count). The van der Waals surface area contributed by atoms with Crippen LogP contribution in [-0.2, 0) is 4.79 Å². The molecule has 1 saturated carbocycles. The van der Waals surface area contributed by atoms with Crippen LogP contribution in [0.15, 0.2) is 96.1 Å². The van der Waals surface area contributed by atoms with Gasteiger partial charge in [0, 0.05) is 4.92 Å². The van der Waals surface area contributed by atoms with Crippen LogP contribution in [-0.4, -0.2) is 33.8 Å². The van der Waals surface area contributed by atoms with Gasteiger partial charge in [0.15, 0.2) is 0 Å². The van der Waals surface area contributed by atoms with Gasteiger partial charge in [-0.2, -0.15) is 10.1 Å². The number of hydrogen-bond donors (Lipinski definition) is 1. The average molecular weight is 470 g/mol. The van der Waals surface area contributed by atoms with Crippen molar-refractivity contribution in [1.82, 2.24) is 0 Å². The van der Waals surface area contributed by atoms with Crippen LogP contribution in [0.5, 0.6) is 0 Å². The third-order valence-electron chi connectivity index (χ3n) is 7.71. The molecule has 35 heavy (non-hydrogen) atoms. The van der Waals surface area contributed by atoms with E-state index < -0.39 is 41.2 Å². The molecular formula is C28H27N3O4. The third-order valence-corrected chi connectivity index (χ3v) is 7.71. The second kappa shape index (κ2) is 8.74. The van der Waals surface area contributed by atoms with Gasteiger partial charge in [0.25, 0.3) is 5.91 Å². The van der Waals surface area contributed by atoms with Gasteiger partial charge in [-0.15, -0.1) is 0 Å². The number of hydrogen-bond acceptors (Lipinski definition) is 5. The maximum atomic E-state index is 14.3. The van der Waals surface area contributed by atoms with Crippen LogP contribution < -0.4 is 5.01 Å². The Balaban J connectivity index is 1.75. The first-order valence-corrected chi connectivity index (χ1v) is 11.8. The molecule has 3 aromatic carbocycles. The molecule has 3 aromatic rings. The lowest BCUT2D eigenvalue weighted by atomic mass is 9.51. The number of para-hydroxylation sites is 1. The van der Waals surface area contributed by atoms with Gasteiger partial charge in [0.1, 0.15) is 5.41 Å². The highest BCUT2D eigenvalue weighted by molar-refractivity contribution is 6.20. The van der Waals surface area contributed by atoms with Crippen LogP contribution in [0.4, 0.5) is 5.69 Å². The summed E-state index contributed by atoms with van der Waals surface area (Å²) in [7, 11) is 0. The van der Waals surface area contributed by atoms with E-state index in [1.165, 1.54) is 5.01 Å². The number of amides is 1. The Morgan fingerprint density at radius 2 is 1.43 bits per heavy atom. The second-order valence-corrected chi connectivity index (χ2v) is 9.41. The molecule has 1 aliphatic heterocycles. The number of benzene rings is 3. The number of anilines is 1. The first-order chi connectivity index (χ1) is 16.9. The van der Waals surface area contributed by atoms with E-state index in [9.17, 15) is 20.0 Å². The monoisotopic (exact) mass is 469 g/mol. The van der Waals surface area contributed by atoms with E-state index in [1.807, 2.05) is 54.6 Å². The summed E-state index contributed by atoms with van der Waals surface area (Å²) < 4.78 is 0. The Morgan fingerprint density at radius 1 is 0.914 bits per heavy atom. The summed E-state index contributed by atoms with van der Waals surface area (Å²) in [5.41, 5.74) is 0.788. The lowest BCUT2D eigenvalue weighted by Crippen LogP contribution is -2.64. The lowest BCUT2D eigenvalue weighted by Gasteiger charge is -2.50. The largest absolute Gasteiger partial charge is 0.391 e. The Hall–Kier alpha value is -3.84. The molecule has 7 nitrogen and oxygen atoms in total. The summed E-state index contributed by atoms with van der Waals surface area (Å²) in [6, 6.07) is 26.2. The molecule has 178 valence electrons. The lowest BCUT2D eigenvalue weighted by molar-refractivity contribution is -0.539. The number of hydrazone groups is 1. The first-order valence-electron chi connectivity index (χ1n) is 11.8. The molecular weight excluding hydrogens is 442 g/mol. The van der Waals surface area contributed by atoms with E-state index in [0.717, 1.165) is 5.56 Å². The zero-order valence-corrected chi connectivity index (χ0v) is 19.6. The number of rotatable bonds is 4. The van der Waals surface area contributed by atoms with Crippen molar-refractivity contribution in [2.75, 3.05) is 5.01 Å². The van der Waals surface area contributed by atoms with Gasteiger partial charge in [-0.3, -0.25) is 14.9 Å². The molecule has 2 aliphatic rings. The van der Waals surface area contributed by atoms with Gasteiger partial charge in [-0.25, -0.2) is 0 Å². The average Bonchev–Trinajstić information content (AvgIpc) is 3.14. The smallest absolute Gasteiger partial charge is 0.262 e. The van der Waals surface area contributed by atoms with Gasteiger partial charge >= 0.3 is 0 Å². The number of nitro groups is 1. The van der Waals surface area contributed by atoms with Crippen LogP contribution in [0, 0.1) is 21.4 Å². The number of aliphatic hydroxyl groups excluding tert-OH is 1. The van der Waals surface area contributed by atoms with Crippen LogP contribution >= 0.6 is 0 Å². The summed E-state index contributed by atoms with van der Waals surface area (Å²) in [5, 5.41) is 30.7. The maximum Gasteiger partial charge on any atom is 0.262 e. The topological polar surface area (TPSA) is 96.0 Å². The number of aliphatic hydroxyl groups is 1. The highest BCUT2D eigenvalue weighted by atomic mass is 16.6. The second-order valence-electron chi connectivity index (χ2n) is 9.41. The van der Waals surface area contributed by atoms with Crippen molar-refractivity contribution in [3.05, 3.63) is 112 Å². The molecule has 1 aliphatic carbocycles. The van der Waals surface area contributed by atoms with Crippen LogP contribution in [0.25, 0.3) is 0 Å². The Kier molecular flexibility index (Phi) is 5.73. The van der Waals surface area contributed by atoms with Crippen LogP contribution in [0.2, 0.25) is 0 Å². The van der Waals surface area contributed by atoms with Gasteiger partial charge in [-0.05, 0) is 36.1 Å². The predicted molar refractivity (Wildman–Crippen MR) is 134 cm³/mol. The number of carbonyl (C=O) groups excluding carboxylic acids is 1. The van der Waals surface area contributed by atoms with Crippen molar-refractivity contribution >= 4 is 17.3 Å². The minimum atomic E-state index is -1.57. The fourth-order valence-corrected chi connectivity index (χ4v) is 6.18. The van der Waals surface area contributed by atoms with E-state index in [4.69, 9.17) is 0 Å².